The van der Waals surface area contributed by atoms with Crippen LogP contribution in [-0.4, -0.2) is 33.0 Å². The normalized spacial score (nSPS) is 17.6. The van der Waals surface area contributed by atoms with Crippen LogP contribution in [0.25, 0.3) is 11.0 Å². The molecule has 17 heavy (non-hydrogen) atoms. The quantitative estimate of drug-likeness (QED) is 0.716. The molecule has 5 heteroatoms. The lowest BCUT2D eigenvalue weighted by molar-refractivity contribution is 0.235. The fourth-order valence-corrected chi connectivity index (χ4v) is 1.25. The van der Waals surface area contributed by atoms with Gasteiger partial charge in [0.1, 0.15) is 5.52 Å². The van der Waals surface area contributed by atoms with E-state index < -0.39 is 6.23 Å². The Bertz CT molecular complexity index is 510. The number of nitrogens with zero attached hydrogens (tertiary/aromatic N) is 3. The van der Waals surface area contributed by atoms with E-state index in [1.165, 1.54) is 0 Å². The van der Waals surface area contributed by atoms with Crippen molar-refractivity contribution in [1.82, 2.24) is 15.4 Å². The van der Waals surface area contributed by atoms with Crippen LogP contribution < -0.4 is 0 Å². The van der Waals surface area contributed by atoms with Crippen molar-refractivity contribution in [1.29, 1.82) is 0 Å². The Morgan fingerprint density at radius 3 is 2.88 bits per heavy atom. The third-order valence-corrected chi connectivity index (χ3v) is 2.06. The Kier molecular flexibility index (Phi) is 3.77. The molecule has 1 aromatic carbocycles. The van der Waals surface area contributed by atoms with Crippen LogP contribution in [0, 0.1) is 0 Å². The first-order chi connectivity index (χ1) is 8.36. The van der Waals surface area contributed by atoms with E-state index >= 15 is 0 Å². The number of aliphatic hydroxyl groups is 1. The molecule has 2 heterocycles. The summed E-state index contributed by atoms with van der Waals surface area (Å²) in [4.78, 5) is 3.68. The summed E-state index contributed by atoms with van der Waals surface area (Å²) in [6.07, 6.45) is 7.89. The molecule has 0 saturated carbocycles. The van der Waals surface area contributed by atoms with Crippen molar-refractivity contribution < 1.29 is 5.11 Å². The Labute approximate surface area is 98.2 Å². The molecule has 1 aromatic heterocycles. The van der Waals surface area contributed by atoms with E-state index in [0.29, 0.717) is 0 Å². The number of H-pyrrole nitrogens is 1. The van der Waals surface area contributed by atoms with E-state index in [2.05, 4.69) is 20.4 Å². The van der Waals surface area contributed by atoms with Crippen LogP contribution in [0.15, 0.2) is 53.6 Å². The molecule has 2 N–H and O–H groups in total. The lowest BCUT2D eigenvalue weighted by atomic mass is 10.3. The van der Waals surface area contributed by atoms with E-state index in [-0.39, 0.29) is 0 Å². The Hall–Kier alpha value is -2.27. The minimum Gasteiger partial charge on any atom is -0.368 e. The Morgan fingerprint density at radius 2 is 2.00 bits per heavy atom. The van der Waals surface area contributed by atoms with Gasteiger partial charge in [-0.05, 0) is 24.3 Å². The molecule has 0 saturated heterocycles. The molecule has 86 valence electrons. The van der Waals surface area contributed by atoms with Gasteiger partial charge in [0.05, 0.1) is 5.52 Å². The molecule has 0 amide bonds. The zero-order chi connectivity index (χ0) is 11.9. The van der Waals surface area contributed by atoms with Crippen LogP contribution in [0.2, 0.25) is 0 Å². The molecule has 0 spiro atoms. The number of rotatable bonds is 0. The SMILES string of the molecule is OC1C=CC=CC=N1.c1ccc2[nH]nnc2c1. The van der Waals surface area contributed by atoms with Gasteiger partial charge in [-0.25, -0.2) is 0 Å². The third kappa shape index (κ3) is 3.35. The Morgan fingerprint density at radius 1 is 1.12 bits per heavy atom. The van der Waals surface area contributed by atoms with Crippen LogP contribution >= 0.6 is 0 Å². The minimum atomic E-state index is -0.648. The van der Waals surface area contributed by atoms with Gasteiger partial charge in [-0.15, -0.1) is 5.10 Å². The molecule has 5 nitrogen and oxygen atoms in total. The fraction of sp³-hybridized carbons (Fsp3) is 0.0833. The van der Waals surface area contributed by atoms with E-state index in [1.807, 2.05) is 30.3 Å². The van der Waals surface area contributed by atoms with Crippen LogP contribution in [0.5, 0.6) is 0 Å². The van der Waals surface area contributed by atoms with Crippen molar-refractivity contribution in [3.63, 3.8) is 0 Å². The monoisotopic (exact) mass is 228 g/mol. The second-order valence-electron chi connectivity index (χ2n) is 3.31. The van der Waals surface area contributed by atoms with Crippen molar-refractivity contribution >= 4 is 17.2 Å². The largest absolute Gasteiger partial charge is 0.368 e. The van der Waals surface area contributed by atoms with Crippen molar-refractivity contribution in [2.45, 2.75) is 6.23 Å². The van der Waals surface area contributed by atoms with Crippen molar-refractivity contribution in [3.05, 3.63) is 48.6 Å². The topological polar surface area (TPSA) is 74.2 Å². The van der Waals surface area contributed by atoms with E-state index in [4.69, 9.17) is 5.11 Å². The zero-order valence-corrected chi connectivity index (χ0v) is 9.06. The van der Waals surface area contributed by atoms with Crippen molar-refractivity contribution in [2.24, 2.45) is 4.99 Å². The summed E-state index contributed by atoms with van der Waals surface area (Å²) in [6, 6.07) is 7.74. The average Bonchev–Trinajstić information content (AvgIpc) is 2.71. The van der Waals surface area contributed by atoms with Crippen molar-refractivity contribution in [2.75, 3.05) is 0 Å². The lowest BCUT2D eigenvalue weighted by Crippen LogP contribution is -1.94. The van der Waals surface area contributed by atoms with Gasteiger partial charge in [0, 0.05) is 6.21 Å². The highest BCUT2D eigenvalue weighted by Gasteiger charge is 1.90. The van der Waals surface area contributed by atoms with Crippen molar-refractivity contribution in [3.8, 4) is 0 Å². The number of allylic oxidation sites excluding steroid dienone is 3. The minimum absolute atomic E-state index is 0.648. The number of aromatic nitrogens is 3. The third-order valence-electron chi connectivity index (χ3n) is 2.06. The predicted octanol–water partition coefficient (Wildman–Crippen LogP) is 1.46. The smallest absolute Gasteiger partial charge is 0.164 e. The highest BCUT2D eigenvalue weighted by molar-refractivity contribution is 5.72. The maximum Gasteiger partial charge on any atom is 0.164 e. The standard InChI is InChI=1S/C6H5N3.C6H7NO/c1-2-4-6-5(3-1)7-9-8-6;8-6-4-2-1-3-5-7-6/h1-4H,(H,7,8,9);1-6,8H. The number of aromatic amines is 1. The number of para-hydroxylation sites is 1. The summed E-state index contributed by atoms with van der Waals surface area (Å²) in [5.74, 6) is 0. The van der Waals surface area contributed by atoms with Crippen LogP contribution in [0.4, 0.5) is 0 Å². The van der Waals surface area contributed by atoms with Gasteiger partial charge in [0.15, 0.2) is 6.23 Å². The summed E-state index contributed by atoms with van der Waals surface area (Å²) in [5, 5.41) is 19.0. The lowest BCUT2D eigenvalue weighted by Gasteiger charge is -1.90. The second kappa shape index (κ2) is 5.72. The predicted molar refractivity (Wildman–Crippen MR) is 66.7 cm³/mol. The van der Waals surface area contributed by atoms with Crippen LogP contribution in [0.1, 0.15) is 0 Å². The molecule has 0 fully saturated rings. The number of hydrogen-bond acceptors (Lipinski definition) is 4. The molecule has 1 aliphatic rings. The number of fused-ring (bicyclic) bond motifs is 1. The van der Waals surface area contributed by atoms with Gasteiger partial charge in [0.25, 0.3) is 0 Å². The molecule has 1 unspecified atom stereocenters. The summed E-state index contributed by atoms with van der Waals surface area (Å²) < 4.78 is 0. The summed E-state index contributed by atoms with van der Waals surface area (Å²) in [6.45, 7) is 0. The molecule has 2 aromatic rings. The van der Waals surface area contributed by atoms with Gasteiger partial charge in [-0.3, -0.25) is 10.1 Å². The number of aliphatic imine (C=N–C) groups is 1. The van der Waals surface area contributed by atoms with E-state index in [9.17, 15) is 0 Å². The molecule has 0 bridgehead atoms. The Balaban J connectivity index is 0.000000128. The van der Waals surface area contributed by atoms with Gasteiger partial charge < -0.3 is 5.11 Å². The average molecular weight is 228 g/mol. The molecule has 1 atom stereocenters. The van der Waals surface area contributed by atoms with Gasteiger partial charge in [-0.2, -0.15) is 0 Å². The number of aliphatic hydroxyl groups excluding tert-OH is 1. The molecular weight excluding hydrogens is 216 g/mol. The first-order valence-corrected chi connectivity index (χ1v) is 5.17. The zero-order valence-electron chi connectivity index (χ0n) is 9.06. The van der Waals surface area contributed by atoms with E-state index in [0.717, 1.165) is 11.0 Å². The maximum absolute atomic E-state index is 8.76. The highest BCUT2D eigenvalue weighted by atomic mass is 16.3. The molecule has 0 radical (unpaired) electrons. The number of nitrogens with one attached hydrogen (secondary N) is 1. The van der Waals surface area contributed by atoms with E-state index in [1.54, 1.807) is 24.4 Å². The number of benzene rings is 1. The number of hydrogen-bond donors (Lipinski definition) is 2. The van der Waals surface area contributed by atoms with Crippen LogP contribution in [-0.2, 0) is 0 Å². The molecule has 0 aliphatic carbocycles. The molecule has 1 aliphatic heterocycles. The van der Waals surface area contributed by atoms with Crippen LogP contribution in [0.3, 0.4) is 0 Å². The second-order valence-corrected chi connectivity index (χ2v) is 3.31. The first-order valence-electron chi connectivity index (χ1n) is 5.17. The van der Waals surface area contributed by atoms with Gasteiger partial charge in [-0.1, -0.05) is 29.5 Å². The maximum atomic E-state index is 8.76. The van der Waals surface area contributed by atoms with Gasteiger partial charge >= 0.3 is 0 Å². The fourth-order valence-electron chi connectivity index (χ4n) is 1.25. The first kappa shape index (κ1) is 11.2. The summed E-state index contributed by atoms with van der Waals surface area (Å²) in [5.41, 5.74) is 1.90. The molecular formula is C12H12N4O. The molecule has 3 rings (SSSR count). The summed E-state index contributed by atoms with van der Waals surface area (Å²) >= 11 is 0. The summed E-state index contributed by atoms with van der Waals surface area (Å²) in [7, 11) is 0. The highest BCUT2D eigenvalue weighted by Crippen LogP contribution is 2.03. The van der Waals surface area contributed by atoms with Gasteiger partial charge in [0.2, 0.25) is 0 Å².